The first kappa shape index (κ1) is 13.2. The van der Waals surface area contributed by atoms with Crippen molar-refractivity contribution in [2.45, 2.75) is 39.7 Å². The standard InChI is InChI=1S/C11H20O3/c1-6-9(10(12)13-5)7-8-14-11(2,3)4/h7H,6,8H2,1-5H3. The fourth-order valence-corrected chi connectivity index (χ4v) is 0.895. The lowest BCUT2D eigenvalue weighted by Crippen LogP contribution is -2.19. The van der Waals surface area contributed by atoms with Crippen LogP contribution < -0.4 is 0 Å². The monoisotopic (exact) mass is 200 g/mol. The van der Waals surface area contributed by atoms with E-state index in [2.05, 4.69) is 4.74 Å². The molecule has 0 rings (SSSR count). The average molecular weight is 200 g/mol. The molecule has 3 nitrogen and oxygen atoms in total. The summed E-state index contributed by atoms with van der Waals surface area (Å²) in [7, 11) is 1.39. The summed E-state index contributed by atoms with van der Waals surface area (Å²) in [6, 6.07) is 0. The van der Waals surface area contributed by atoms with Gasteiger partial charge in [-0.3, -0.25) is 0 Å². The van der Waals surface area contributed by atoms with Gasteiger partial charge in [0.2, 0.25) is 0 Å². The lowest BCUT2D eigenvalue weighted by molar-refractivity contribution is -0.136. The number of esters is 1. The second kappa shape index (κ2) is 5.81. The van der Waals surface area contributed by atoms with Crippen LogP contribution in [0.3, 0.4) is 0 Å². The van der Waals surface area contributed by atoms with E-state index in [0.29, 0.717) is 18.6 Å². The first-order valence-corrected chi connectivity index (χ1v) is 4.82. The average Bonchev–Trinajstić information content (AvgIpc) is 2.09. The molecule has 0 saturated heterocycles. The van der Waals surface area contributed by atoms with Crippen LogP contribution in [0.25, 0.3) is 0 Å². The van der Waals surface area contributed by atoms with E-state index in [0.717, 1.165) is 0 Å². The Kier molecular flexibility index (Phi) is 5.46. The van der Waals surface area contributed by atoms with E-state index in [1.807, 2.05) is 27.7 Å². The molecule has 0 N–H and O–H groups in total. The normalized spacial score (nSPS) is 12.8. The zero-order valence-corrected chi connectivity index (χ0v) is 9.72. The van der Waals surface area contributed by atoms with Crippen LogP contribution in [0.1, 0.15) is 34.1 Å². The minimum absolute atomic E-state index is 0.175. The highest BCUT2D eigenvalue weighted by Gasteiger charge is 2.10. The molecule has 0 spiro atoms. The number of hydrogen-bond donors (Lipinski definition) is 0. The smallest absolute Gasteiger partial charge is 0.333 e. The van der Waals surface area contributed by atoms with Crippen LogP contribution in [-0.4, -0.2) is 25.3 Å². The molecule has 0 aliphatic rings. The highest BCUT2D eigenvalue weighted by Crippen LogP contribution is 2.08. The van der Waals surface area contributed by atoms with Gasteiger partial charge in [0.15, 0.2) is 0 Å². The van der Waals surface area contributed by atoms with Crippen molar-refractivity contribution in [1.29, 1.82) is 0 Å². The fourth-order valence-electron chi connectivity index (χ4n) is 0.895. The van der Waals surface area contributed by atoms with Gasteiger partial charge in [0.25, 0.3) is 0 Å². The first-order valence-electron chi connectivity index (χ1n) is 4.82. The summed E-state index contributed by atoms with van der Waals surface area (Å²) in [6.45, 7) is 8.29. The maximum Gasteiger partial charge on any atom is 0.333 e. The molecule has 14 heavy (non-hydrogen) atoms. The molecule has 0 aromatic carbocycles. The van der Waals surface area contributed by atoms with Crippen LogP contribution in [0.2, 0.25) is 0 Å². The number of carbonyl (C=O) groups is 1. The Morgan fingerprint density at radius 1 is 1.36 bits per heavy atom. The topological polar surface area (TPSA) is 35.5 Å². The summed E-state index contributed by atoms with van der Waals surface area (Å²) in [5, 5.41) is 0. The van der Waals surface area contributed by atoms with Gasteiger partial charge in [-0.25, -0.2) is 4.79 Å². The van der Waals surface area contributed by atoms with E-state index in [1.54, 1.807) is 6.08 Å². The Hall–Kier alpha value is -0.830. The first-order chi connectivity index (χ1) is 6.40. The van der Waals surface area contributed by atoms with Crippen molar-refractivity contribution in [2.24, 2.45) is 0 Å². The molecule has 0 aromatic rings. The Morgan fingerprint density at radius 3 is 2.29 bits per heavy atom. The molecule has 3 heteroatoms. The maximum absolute atomic E-state index is 11.2. The van der Waals surface area contributed by atoms with E-state index in [4.69, 9.17) is 4.74 Å². The Morgan fingerprint density at radius 2 is 1.93 bits per heavy atom. The van der Waals surface area contributed by atoms with Crippen LogP contribution in [0.4, 0.5) is 0 Å². The molecule has 0 saturated carbocycles. The number of methoxy groups -OCH3 is 1. The van der Waals surface area contributed by atoms with Gasteiger partial charge < -0.3 is 9.47 Å². The van der Waals surface area contributed by atoms with Crippen LogP contribution in [0, 0.1) is 0 Å². The van der Waals surface area contributed by atoms with Crippen molar-refractivity contribution < 1.29 is 14.3 Å². The lowest BCUT2D eigenvalue weighted by Gasteiger charge is -2.18. The molecule has 0 bridgehead atoms. The van der Waals surface area contributed by atoms with E-state index in [1.165, 1.54) is 7.11 Å². The number of rotatable bonds is 4. The molecule has 0 aliphatic carbocycles. The second-order valence-electron chi connectivity index (χ2n) is 4.00. The number of carbonyl (C=O) groups excluding carboxylic acids is 1. The number of ether oxygens (including phenoxy) is 2. The van der Waals surface area contributed by atoms with E-state index in [9.17, 15) is 4.79 Å². The zero-order chi connectivity index (χ0) is 11.2. The predicted octanol–water partition coefficient (Wildman–Crippen LogP) is 2.31. The summed E-state index contributed by atoms with van der Waals surface area (Å²) in [5.74, 6) is -0.273. The maximum atomic E-state index is 11.2. The Labute approximate surface area is 86.1 Å². The molecule has 82 valence electrons. The quantitative estimate of drug-likeness (QED) is 0.516. The summed E-state index contributed by atoms with van der Waals surface area (Å²) in [4.78, 5) is 11.2. The van der Waals surface area contributed by atoms with Crippen LogP contribution in [-0.2, 0) is 14.3 Å². The zero-order valence-electron chi connectivity index (χ0n) is 9.72. The molecular weight excluding hydrogens is 180 g/mol. The summed E-state index contributed by atoms with van der Waals surface area (Å²) in [5.41, 5.74) is 0.489. The van der Waals surface area contributed by atoms with Crippen molar-refractivity contribution in [2.75, 3.05) is 13.7 Å². The lowest BCUT2D eigenvalue weighted by atomic mass is 10.2. The highest BCUT2D eigenvalue weighted by atomic mass is 16.5. The minimum Gasteiger partial charge on any atom is -0.466 e. The van der Waals surface area contributed by atoms with Crippen molar-refractivity contribution in [1.82, 2.24) is 0 Å². The van der Waals surface area contributed by atoms with Gasteiger partial charge in [0.05, 0.1) is 19.3 Å². The van der Waals surface area contributed by atoms with E-state index in [-0.39, 0.29) is 11.6 Å². The predicted molar refractivity (Wildman–Crippen MR) is 56.1 cm³/mol. The van der Waals surface area contributed by atoms with Gasteiger partial charge in [-0.1, -0.05) is 6.92 Å². The molecule has 0 aliphatic heterocycles. The molecule has 0 atom stereocenters. The summed E-state index contributed by atoms with van der Waals surface area (Å²) in [6.07, 6.45) is 2.44. The summed E-state index contributed by atoms with van der Waals surface area (Å²) >= 11 is 0. The van der Waals surface area contributed by atoms with E-state index >= 15 is 0 Å². The third kappa shape index (κ3) is 5.75. The van der Waals surface area contributed by atoms with Gasteiger partial charge in [-0.05, 0) is 33.3 Å². The van der Waals surface area contributed by atoms with Gasteiger partial charge in [0.1, 0.15) is 0 Å². The molecule has 0 unspecified atom stereocenters. The molecular formula is C11H20O3. The molecule has 0 heterocycles. The molecule has 0 radical (unpaired) electrons. The Bertz CT molecular complexity index is 211. The minimum atomic E-state index is -0.273. The van der Waals surface area contributed by atoms with Crippen molar-refractivity contribution in [3.8, 4) is 0 Å². The van der Waals surface area contributed by atoms with Crippen molar-refractivity contribution in [3.63, 3.8) is 0 Å². The largest absolute Gasteiger partial charge is 0.466 e. The SMILES string of the molecule is CCC(=CCOC(C)(C)C)C(=O)OC. The van der Waals surface area contributed by atoms with E-state index < -0.39 is 0 Å². The Balaban J connectivity index is 4.13. The molecule has 0 fully saturated rings. The van der Waals surface area contributed by atoms with Gasteiger partial charge in [0, 0.05) is 5.57 Å². The van der Waals surface area contributed by atoms with Crippen LogP contribution >= 0.6 is 0 Å². The van der Waals surface area contributed by atoms with Gasteiger partial charge in [-0.15, -0.1) is 0 Å². The van der Waals surface area contributed by atoms with Gasteiger partial charge >= 0.3 is 5.97 Å². The van der Waals surface area contributed by atoms with Crippen LogP contribution in [0.5, 0.6) is 0 Å². The van der Waals surface area contributed by atoms with Crippen molar-refractivity contribution >= 4 is 5.97 Å². The second-order valence-corrected chi connectivity index (χ2v) is 4.00. The summed E-state index contributed by atoms with van der Waals surface area (Å²) < 4.78 is 10.1. The third-order valence-corrected chi connectivity index (χ3v) is 1.67. The van der Waals surface area contributed by atoms with Crippen LogP contribution in [0.15, 0.2) is 11.6 Å². The number of hydrogen-bond acceptors (Lipinski definition) is 3. The highest BCUT2D eigenvalue weighted by molar-refractivity contribution is 5.88. The van der Waals surface area contributed by atoms with Crippen molar-refractivity contribution in [3.05, 3.63) is 11.6 Å². The molecule has 0 aromatic heterocycles. The third-order valence-electron chi connectivity index (χ3n) is 1.67. The molecule has 0 amide bonds. The van der Waals surface area contributed by atoms with Gasteiger partial charge in [-0.2, -0.15) is 0 Å². The fraction of sp³-hybridized carbons (Fsp3) is 0.727.